The van der Waals surface area contributed by atoms with E-state index in [1.54, 1.807) is 14.2 Å². The molecule has 0 saturated heterocycles. The van der Waals surface area contributed by atoms with Crippen molar-refractivity contribution in [2.24, 2.45) is 4.99 Å². The van der Waals surface area contributed by atoms with Gasteiger partial charge in [-0.2, -0.15) is 0 Å². The third-order valence-electron chi connectivity index (χ3n) is 4.95. The Bertz CT molecular complexity index is 1070. The van der Waals surface area contributed by atoms with Gasteiger partial charge in [-0.15, -0.1) is 0 Å². The van der Waals surface area contributed by atoms with Crippen LogP contribution in [-0.4, -0.2) is 37.3 Å². The fourth-order valence-electron chi connectivity index (χ4n) is 3.36. The molecule has 0 aliphatic carbocycles. The summed E-state index contributed by atoms with van der Waals surface area (Å²) in [5.41, 5.74) is 5.97. The van der Waals surface area contributed by atoms with Gasteiger partial charge in [-0.25, -0.2) is 4.98 Å². The van der Waals surface area contributed by atoms with Crippen LogP contribution in [0.25, 0.3) is 11.3 Å². The zero-order valence-electron chi connectivity index (χ0n) is 20.5. The Morgan fingerprint density at radius 3 is 2.52 bits per heavy atom. The van der Waals surface area contributed by atoms with E-state index in [1.807, 2.05) is 45.3 Å². The predicted octanol–water partition coefficient (Wildman–Crippen LogP) is 6.29. The van der Waals surface area contributed by atoms with Crippen molar-refractivity contribution < 1.29 is 4.74 Å². The maximum absolute atomic E-state index is 5.45. The average molecular weight is 463 g/mol. The van der Waals surface area contributed by atoms with Gasteiger partial charge in [0.15, 0.2) is 0 Å². The molecule has 0 atom stereocenters. The predicted molar refractivity (Wildman–Crippen MR) is 143 cm³/mol. The van der Waals surface area contributed by atoms with E-state index < -0.39 is 0 Å². The van der Waals surface area contributed by atoms with Crippen molar-refractivity contribution in [1.82, 2.24) is 15.2 Å². The van der Waals surface area contributed by atoms with Gasteiger partial charge in [0.25, 0.3) is 0 Å². The van der Waals surface area contributed by atoms with Gasteiger partial charge in [-0.05, 0) is 43.7 Å². The Balaban J connectivity index is 2.19. The van der Waals surface area contributed by atoms with Crippen LogP contribution in [0.2, 0.25) is 0 Å². The number of aromatic nitrogens is 1. The van der Waals surface area contributed by atoms with E-state index in [4.69, 9.17) is 4.74 Å². The molecule has 6 heteroatoms. The van der Waals surface area contributed by atoms with Crippen molar-refractivity contribution in [2.45, 2.75) is 32.2 Å². The minimum absolute atomic E-state index is 0.593. The second-order valence-corrected chi connectivity index (χ2v) is 8.59. The van der Waals surface area contributed by atoms with Crippen LogP contribution in [0.5, 0.6) is 5.88 Å². The zero-order valence-corrected chi connectivity index (χ0v) is 21.3. The summed E-state index contributed by atoms with van der Waals surface area (Å²) in [5, 5.41) is 4.11. The number of ether oxygens (including phenoxy) is 1. The third kappa shape index (κ3) is 7.12. The van der Waals surface area contributed by atoms with Gasteiger partial charge in [-0.1, -0.05) is 61.3 Å². The summed E-state index contributed by atoms with van der Waals surface area (Å²) in [5.74, 6) is 0.593. The van der Waals surface area contributed by atoms with Crippen LogP contribution in [0.15, 0.2) is 76.9 Å². The number of allylic oxidation sites excluding steroid dienone is 3. The Hall–Kier alpha value is -3.25. The second kappa shape index (κ2) is 12.7. The van der Waals surface area contributed by atoms with Crippen LogP contribution in [0.4, 0.5) is 0 Å². The number of hydrogen-bond donors (Lipinski definition) is 1. The van der Waals surface area contributed by atoms with Gasteiger partial charge < -0.3 is 15.0 Å². The summed E-state index contributed by atoms with van der Waals surface area (Å²) in [4.78, 5) is 11.8. The lowest BCUT2D eigenvalue weighted by molar-refractivity contribution is 0.393. The molecule has 1 aromatic heterocycles. The van der Waals surface area contributed by atoms with Crippen LogP contribution in [0.3, 0.4) is 0 Å². The molecular formula is C27H34N4OS. The monoisotopic (exact) mass is 462 g/mol. The number of thioether (sulfide) groups is 1. The van der Waals surface area contributed by atoms with Crippen LogP contribution < -0.4 is 10.1 Å². The highest BCUT2D eigenvalue weighted by molar-refractivity contribution is 8.03. The largest absolute Gasteiger partial charge is 0.481 e. The fourth-order valence-corrected chi connectivity index (χ4v) is 4.30. The quantitative estimate of drug-likeness (QED) is 0.314. The second-order valence-electron chi connectivity index (χ2n) is 7.49. The van der Waals surface area contributed by atoms with Gasteiger partial charge in [0.2, 0.25) is 5.88 Å². The Kier molecular flexibility index (Phi) is 10.0. The number of methoxy groups -OCH3 is 1. The first-order valence-electron chi connectivity index (χ1n) is 10.7. The molecule has 0 saturated carbocycles. The molecule has 1 N–H and O–H groups in total. The minimum Gasteiger partial charge on any atom is -0.481 e. The topological polar surface area (TPSA) is 49.8 Å². The highest BCUT2D eigenvalue weighted by Gasteiger charge is 2.16. The Morgan fingerprint density at radius 1 is 1.24 bits per heavy atom. The first kappa shape index (κ1) is 26.0. The molecule has 33 heavy (non-hydrogen) atoms. The SMILES string of the molecule is C=C(NC(=C)c1ccc(CN(C)/C=C\C)cc1)Sc1c(/C(C=NC)=C/C)cnc(OC)c1C. The average Bonchev–Trinajstić information content (AvgIpc) is 2.79. The van der Waals surface area contributed by atoms with Gasteiger partial charge in [0, 0.05) is 54.8 Å². The summed E-state index contributed by atoms with van der Waals surface area (Å²) in [6.45, 7) is 15.3. The van der Waals surface area contributed by atoms with Gasteiger partial charge in [0.05, 0.1) is 12.1 Å². The van der Waals surface area contributed by atoms with Gasteiger partial charge in [-0.3, -0.25) is 4.99 Å². The smallest absolute Gasteiger partial charge is 0.217 e. The molecule has 0 fully saturated rings. The molecule has 1 aromatic carbocycles. The molecule has 0 aliphatic heterocycles. The first-order valence-corrected chi connectivity index (χ1v) is 11.5. The molecule has 0 bridgehead atoms. The molecule has 0 aliphatic rings. The molecule has 0 amide bonds. The number of nitrogens with one attached hydrogen (secondary N) is 1. The van der Waals surface area contributed by atoms with Gasteiger partial charge in [0.1, 0.15) is 0 Å². The summed E-state index contributed by atoms with van der Waals surface area (Å²) < 4.78 is 5.45. The Morgan fingerprint density at radius 2 is 1.94 bits per heavy atom. The number of rotatable bonds is 11. The van der Waals surface area contributed by atoms with Crippen molar-refractivity contribution in [2.75, 3.05) is 21.2 Å². The van der Waals surface area contributed by atoms with Crippen molar-refractivity contribution in [3.05, 3.63) is 89.3 Å². The van der Waals surface area contributed by atoms with Crippen molar-refractivity contribution in [3.63, 3.8) is 0 Å². The number of aliphatic imine (C=N–C) groups is 1. The molecule has 5 nitrogen and oxygen atoms in total. The van der Waals surface area contributed by atoms with E-state index in [0.29, 0.717) is 5.88 Å². The Labute approximate surface area is 202 Å². The highest BCUT2D eigenvalue weighted by Crippen LogP contribution is 2.37. The molecular weight excluding hydrogens is 428 g/mol. The van der Waals surface area contributed by atoms with Crippen LogP contribution in [0.1, 0.15) is 36.1 Å². The van der Waals surface area contributed by atoms with Crippen LogP contribution >= 0.6 is 11.8 Å². The third-order valence-corrected chi connectivity index (χ3v) is 6.03. The molecule has 174 valence electrons. The van der Waals surface area contributed by atoms with Crippen LogP contribution in [0, 0.1) is 6.92 Å². The highest BCUT2D eigenvalue weighted by atomic mass is 32.2. The lowest BCUT2D eigenvalue weighted by Crippen LogP contribution is -2.11. The van der Waals surface area contributed by atoms with Crippen molar-refractivity contribution in [3.8, 4) is 5.88 Å². The lowest BCUT2D eigenvalue weighted by atomic mass is 10.1. The molecule has 1 heterocycles. The fraction of sp³-hybridized carbons (Fsp3) is 0.259. The summed E-state index contributed by atoms with van der Waals surface area (Å²) in [6, 6.07) is 8.40. The summed E-state index contributed by atoms with van der Waals surface area (Å²) in [6.07, 6.45) is 9.76. The molecule has 2 aromatic rings. The molecule has 0 unspecified atom stereocenters. The number of hydrogen-bond acceptors (Lipinski definition) is 6. The maximum atomic E-state index is 5.45. The standard InChI is InChI=1S/C27H34N4OS/c1-9-15-31(7)18-22-11-13-24(14-12-22)20(4)30-21(5)33-26-19(3)27(32-8)29-17-25(26)23(10-2)16-28-6/h9-17,30H,4-5,18H2,1-3,6-8H3/b15-9-,23-10+,28-16?. The molecule has 0 radical (unpaired) electrons. The number of pyridine rings is 1. The lowest BCUT2D eigenvalue weighted by Gasteiger charge is -2.18. The van der Waals surface area contributed by atoms with E-state index in [2.05, 4.69) is 70.9 Å². The van der Waals surface area contributed by atoms with E-state index in [9.17, 15) is 0 Å². The van der Waals surface area contributed by atoms with Gasteiger partial charge >= 0.3 is 0 Å². The maximum Gasteiger partial charge on any atom is 0.217 e. The number of benzene rings is 1. The molecule has 0 spiro atoms. The van der Waals surface area contributed by atoms with E-state index in [1.165, 1.54) is 17.3 Å². The van der Waals surface area contributed by atoms with Crippen molar-refractivity contribution >= 4 is 29.2 Å². The van der Waals surface area contributed by atoms with E-state index in [0.717, 1.165) is 44.4 Å². The van der Waals surface area contributed by atoms with E-state index >= 15 is 0 Å². The normalized spacial score (nSPS) is 11.8. The minimum atomic E-state index is 0.593. The zero-order chi connectivity index (χ0) is 24.4. The molecule has 2 rings (SSSR count). The first-order chi connectivity index (χ1) is 15.8. The summed E-state index contributed by atoms with van der Waals surface area (Å²) >= 11 is 1.53. The van der Waals surface area contributed by atoms with Crippen LogP contribution in [-0.2, 0) is 6.54 Å². The van der Waals surface area contributed by atoms with Crippen molar-refractivity contribution in [1.29, 1.82) is 0 Å². The number of nitrogens with zero attached hydrogens (tertiary/aromatic N) is 3. The van der Waals surface area contributed by atoms with E-state index in [-0.39, 0.29) is 0 Å². The summed E-state index contributed by atoms with van der Waals surface area (Å²) in [7, 11) is 5.45.